The molecule has 0 spiro atoms. The van der Waals surface area contributed by atoms with Crippen LogP contribution in [-0.2, 0) is 4.79 Å². The van der Waals surface area contributed by atoms with Gasteiger partial charge < -0.3 is 5.43 Å². The molecule has 0 saturated carbocycles. The zero-order valence-electron chi connectivity index (χ0n) is 7.66. The quantitative estimate of drug-likeness (QED) is 0.570. The topological polar surface area (TPSA) is 53.5 Å². The third-order valence-corrected chi connectivity index (χ3v) is 2.95. The van der Waals surface area contributed by atoms with Gasteiger partial charge in [0.15, 0.2) is 5.78 Å². The van der Waals surface area contributed by atoms with Gasteiger partial charge in [-0.15, -0.1) is 0 Å². The van der Waals surface area contributed by atoms with Crippen LogP contribution in [0.3, 0.4) is 0 Å². The summed E-state index contributed by atoms with van der Waals surface area (Å²) in [5.74, 6) is 1.55. The first-order valence-electron chi connectivity index (χ1n) is 4.84. The molecule has 0 amide bonds. The molecule has 0 radical (unpaired) electrons. The van der Waals surface area contributed by atoms with E-state index in [9.17, 15) is 4.79 Å². The van der Waals surface area contributed by atoms with Crippen LogP contribution in [-0.4, -0.2) is 18.2 Å². The Morgan fingerprint density at radius 2 is 2.43 bits per heavy atom. The van der Waals surface area contributed by atoms with Gasteiger partial charge in [0.05, 0.1) is 11.6 Å². The second kappa shape index (κ2) is 2.78. The third-order valence-electron chi connectivity index (χ3n) is 2.95. The van der Waals surface area contributed by atoms with Gasteiger partial charge in [0.1, 0.15) is 5.84 Å². The van der Waals surface area contributed by atoms with Crippen molar-refractivity contribution in [2.45, 2.75) is 6.42 Å². The van der Waals surface area contributed by atoms with E-state index >= 15 is 0 Å². The lowest BCUT2D eigenvalue weighted by Gasteiger charge is -2.25. The summed E-state index contributed by atoms with van der Waals surface area (Å²) in [7, 11) is 0. The molecule has 2 atom stereocenters. The summed E-state index contributed by atoms with van der Waals surface area (Å²) in [5.41, 5.74) is 6.98. The number of carbonyl (C=O) groups excluding carboxylic acids is 1. The lowest BCUT2D eigenvalue weighted by molar-refractivity contribution is -0.117. The lowest BCUT2D eigenvalue weighted by Crippen LogP contribution is -2.32. The van der Waals surface area contributed by atoms with Gasteiger partial charge in [-0.1, -0.05) is 6.08 Å². The van der Waals surface area contributed by atoms with E-state index in [2.05, 4.69) is 15.8 Å². The molecule has 2 heterocycles. The highest BCUT2D eigenvalue weighted by Crippen LogP contribution is 2.31. The van der Waals surface area contributed by atoms with Crippen molar-refractivity contribution < 1.29 is 4.79 Å². The van der Waals surface area contributed by atoms with E-state index in [1.54, 1.807) is 12.2 Å². The first kappa shape index (κ1) is 7.94. The van der Waals surface area contributed by atoms with Crippen LogP contribution in [0.1, 0.15) is 6.42 Å². The normalized spacial score (nSPS) is 34.1. The van der Waals surface area contributed by atoms with E-state index in [1.807, 2.05) is 6.08 Å². The van der Waals surface area contributed by atoms with Gasteiger partial charge >= 0.3 is 0 Å². The number of aliphatic imine (C=N–C) groups is 1. The average molecular weight is 189 g/mol. The maximum absolute atomic E-state index is 11.6. The summed E-state index contributed by atoms with van der Waals surface area (Å²) >= 11 is 0. The molecule has 4 nitrogen and oxygen atoms in total. The first-order chi connectivity index (χ1) is 6.84. The number of hydrogen-bond acceptors (Lipinski definition) is 4. The summed E-state index contributed by atoms with van der Waals surface area (Å²) in [6.45, 7) is 0.875. The minimum absolute atomic E-state index is 0.00421. The van der Waals surface area contributed by atoms with Crippen LogP contribution in [0, 0.1) is 11.8 Å². The molecular formula is C10H11N3O. The lowest BCUT2D eigenvalue weighted by atomic mass is 9.84. The number of ketones is 1. The Kier molecular flexibility index (Phi) is 1.58. The van der Waals surface area contributed by atoms with Crippen LogP contribution >= 0.6 is 0 Å². The van der Waals surface area contributed by atoms with E-state index < -0.39 is 0 Å². The van der Waals surface area contributed by atoms with Crippen LogP contribution < -0.4 is 10.9 Å². The predicted molar refractivity (Wildman–Crippen MR) is 52.4 cm³/mol. The van der Waals surface area contributed by atoms with Crippen molar-refractivity contribution in [2.24, 2.45) is 16.8 Å². The van der Waals surface area contributed by atoms with E-state index in [-0.39, 0.29) is 11.7 Å². The van der Waals surface area contributed by atoms with E-state index in [1.165, 1.54) is 0 Å². The van der Waals surface area contributed by atoms with E-state index in [4.69, 9.17) is 0 Å². The Balaban J connectivity index is 2.01. The number of carbonyl (C=O) groups is 1. The van der Waals surface area contributed by atoms with Gasteiger partial charge in [0.25, 0.3) is 0 Å². The largest absolute Gasteiger partial charge is 0.309 e. The molecule has 4 heteroatoms. The fraction of sp³-hybridized carbons (Fsp3) is 0.400. The van der Waals surface area contributed by atoms with Crippen molar-refractivity contribution in [3.05, 3.63) is 23.9 Å². The Labute approximate surface area is 81.8 Å². The number of hydrogen-bond donors (Lipinski definition) is 2. The molecule has 3 rings (SSSR count). The fourth-order valence-corrected chi connectivity index (χ4v) is 2.17. The van der Waals surface area contributed by atoms with Crippen LogP contribution in [0.4, 0.5) is 0 Å². The minimum atomic E-state index is -0.00421. The first-order valence-corrected chi connectivity index (χ1v) is 4.84. The Hall–Kier alpha value is -1.42. The van der Waals surface area contributed by atoms with Gasteiger partial charge in [-0.05, 0) is 18.6 Å². The van der Waals surface area contributed by atoms with E-state index in [0.717, 1.165) is 24.5 Å². The molecule has 1 aliphatic carbocycles. The molecule has 0 aromatic heterocycles. The molecule has 2 unspecified atom stereocenters. The van der Waals surface area contributed by atoms with Crippen molar-refractivity contribution in [3.63, 3.8) is 0 Å². The Bertz CT molecular complexity index is 381. The number of hydrazine groups is 1. The summed E-state index contributed by atoms with van der Waals surface area (Å²) in [5, 5.41) is 0. The highest BCUT2D eigenvalue weighted by molar-refractivity contribution is 5.98. The number of fused-ring (bicyclic) bond motifs is 2. The molecule has 0 aromatic rings. The summed E-state index contributed by atoms with van der Waals surface area (Å²) in [6, 6.07) is 0. The summed E-state index contributed by atoms with van der Waals surface area (Å²) < 4.78 is 0. The second-order valence-corrected chi connectivity index (χ2v) is 3.84. The molecule has 1 saturated heterocycles. The van der Waals surface area contributed by atoms with Crippen molar-refractivity contribution in [1.29, 1.82) is 0 Å². The minimum Gasteiger partial charge on any atom is -0.309 e. The van der Waals surface area contributed by atoms with Crippen molar-refractivity contribution in [3.8, 4) is 0 Å². The van der Waals surface area contributed by atoms with Crippen LogP contribution in [0.15, 0.2) is 28.9 Å². The van der Waals surface area contributed by atoms with Gasteiger partial charge in [-0.2, -0.15) is 0 Å². The molecule has 72 valence electrons. The van der Waals surface area contributed by atoms with Gasteiger partial charge in [-0.25, -0.2) is 10.4 Å². The van der Waals surface area contributed by atoms with Crippen LogP contribution in [0.5, 0.6) is 0 Å². The third kappa shape index (κ3) is 1.04. The maximum Gasteiger partial charge on any atom is 0.164 e. The van der Waals surface area contributed by atoms with Crippen molar-refractivity contribution in [1.82, 2.24) is 10.9 Å². The standard InChI is InChI=1S/C10H11N3O/c14-9-3-1-2-8-7(9)4-6-5-11-13-10(6)12-8/h1-3,6-7,11H,4-5H2,(H,12,13). The smallest absolute Gasteiger partial charge is 0.164 e. The number of nitrogens with zero attached hydrogens (tertiary/aromatic N) is 1. The summed E-state index contributed by atoms with van der Waals surface area (Å²) in [4.78, 5) is 16.0. The van der Waals surface area contributed by atoms with Gasteiger partial charge in [0.2, 0.25) is 0 Å². The zero-order valence-corrected chi connectivity index (χ0v) is 7.66. The van der Waals surface area contributed by atoms with Gasteiger partial charge in [-0.3, -0.25) is 4.79 Å². The molecular weight excluding hydrogens is 178 g/mol. The average Bonchev–Trinajstić information content (AvgIpc) is 2.62. The highest BCUT2D eigenvalue weighted by Gasteiger charge is 2.35. The predicted octanol–water partition coefficient (Wildman–Crippen LogP) is 0.152. The highest BCUT2D eigenvalue weighted by atomic mass is 16.1. The van der Waals surface area contributed by atoms with E-state index in [0.29, 0.717) is 5.92 Å². The molecule has 2 N–H and O–H groups in total. The van der Waals surface area contributed by atoms with Crippen molar-refractivity contribution >= 4 is 11.6 Å². The monoisotopic (exact) mass is 189 g/mol. The maximum atomic E-state index is 11.6. The number of nitrogens with one attached hydrogen (secondary N) is 2. The Morgan fingerprint density at radius 3 is 3.36 bits per heavy atom. The molecule has 0 bridgehead atoms. The molecule has 1 fully saturated rings. The number of amidine groups is 1. The van der Waals surface area contributed by atoms with Crippen LogP contribution in [0.25, 0.3) is 0 Å². The number of allylic oxidation sites excluding steroid dienone is 4. The molecule has 3 aliphatic rings. The SMILES string of the molecule is O=C1C=CC=C2N=C3NNCC3CC12. The Morgan fingerprint density at radius 1 is 1.50 bits per heavy atom. The second-order valence-electron chi connectivity index (χ2n) is 3.84. The van der Waals surface area contributed by atoms with Crippen molar-refractivity contribution in [2.75, 3.05) is 6.54 Å². The molecule has 14 heavy (non-hydrogen) atoms. The zero-order chi connectivity index (χ0) is 9.54. The van der Waals surface area contributed by atoms with Crippen LogP contribution in [0.2, 0.25) is 0 Å². The number of rotatable bonds is 0. The molecule has 2 aliphatic heterocycles. The molecule has 0 aromatic carbocycles. The summed E-state index contributed by atoms with van der Waals surface area (Å²) in [6.07, 6.45) is 6.23. The fourth-order valence-electron chi connectivity index (χ4n) is 2.17. The van der Waals surface area contributed by atoms with Gasteiger partial charge in [0, 0.05) is 12.5 Å².